The molecule has 0 saturated carbocycles. The number of hydrogen-bond acceptors (Lipinski definition) is 3. The molecule has 0 unspecified atom stereocenters. The van der Waals surface area contributed by atoms with Gasteiger partial charge in [-0.15, -0.1) is 0 Å². The Morgan fingerprint density at radius 1 is 1.42 bits per heavy atom. The number of carbonyl (C=O) groups is 1. The average molecular weight is 275 g/mol. The van der Waals surface area contributed by atoms with Crippen LogP contribution < -0.4 is 0 Å². The van der Waals surface area contributed by atoms with Crippen molar-refractivity contribution in [2.24, 2.45) is 0 Å². The molecule has 0 bridgehead atoms. The van der Waals surface area contributed by atoms with Gasteiger partial charge in [-0.1, -0.05) is 11.6 Å². The summed E-state index contributed by atoms with van der Waals surface area (Å²) < 4.78 is 6.79. The second kappa shape index (κ2) is 4.55. The van der Waals surface area contributed by atoms with E-state index < -0.39 is 0 Å². The minimum Gasteiger partial charge on any atom is -0.462 e. The molecule has 1 aromatic carbocycles. The Balaban J connectivity index is 2.24. The van der Waals surface area contributed by atoms with Gasteiger partial charge in [0.05, 0.1) is 29.5 Å². The molecule has 0 radical (unpaired) electrons. The lowest BCUT2D eigenvalue weighted by Gasteiger charge is -2.00. The van der Waals surface area contributed by atoms with Gasteiger partial charge in [-0.05, 0) is 31.2 Å². The Morgan fingerprint density at radius 2 is 2.26 bits per heavy atom. The summed E-state index contributed by atoms with van der Waals surface area (Å²) >= 11 is 6.01. The van der Waals surface area contributed by atoms with Crippen LogP contribution in [0.15, 0.2) is 36.8 Å². The van der Waals surface area contributed by atoms with Crippen molar-refractivity contribution >= 4 is 34.0 Å². The summed E-state index contributed by atoms with van der Waals surface area (Å²) in [4.78, 5) is 16.1. The number of aromatic nitrogens is 2. The zero-order valence-electron chi connectivity index (χ0n) is 10.3. The minimum absolute atomic E-state index is 0.332. The number of ether oxygens (including phenoxy) is 1. The molecular formula is C14H11ClN2O2. The molecule has 0 atom stereocenters. The van der Waals surface area contributed by atoms with Crippen molar-refractivity contribution in [3.63, 3.8) is 0 Å². The van der Waals surface area contributed by atoms with E-state index in [2.05, 4.69) is 4.98 Å². The van der Waals surface area contributed by atoms with Gasteiger partial charge < -0.3 is 9.14 Å². The molecule has 4 nitrogen and oxygen atoms in total. The van der Waals surface area contributed by atoms with Crippen molar-refractivity contribution in [2.45, 2.75) is 6.92 Å². The van der Waals surface area contributed by atoms with E-state index >= 15 is 0 Å². The normalized spacial score (nSPS) is 11.1. The van der Waals surface area contributed by atoms with Crippen LogP contribution in [0.25, 0.3) is 16.4 Å². The lowest BCUT2D eigenvalue weighted by Crippen LogP contribution is -2.02. The number of esters is 1. The van der Waals surface area contributed by atoms with Crippen LogP contribution in [0.3, 0.4) is 0 Å². The van der Waals surface area contributed by atoms with E-state index in [9.17, 15) is 4.79 Å². The van der Waals surface area contributed by atoms with Crippen molar-refractivity contribution in [1.29, 1.82) is 0 Å². The maximum absolute atomic E-state index is 11.7. The molecule has 0 spiro atoms. The molecular weight excluding hydrogens is 264 g/mol. The van der Waals surface area contributed by atoms with Gasteiger partial charge >= 0.3 is 5.97 Å². The first-order valence-electron chi connectivity index (χ1n) is 5.92. The fourth-order valence-electron chi connectivity index (χ4n) is 2.07. The quantitative estimate of drug-likeness (QED) is 0.673. The molecule has 0 aliphatic carbocycles. The standard InChI is InChI=1S/C14H11ClN2O2/c1-2-19-14(18)9-5-13-11-6-10(15)3-4-12(11)16-8-17(13)7-9/h3-8H,2H2,1H3. The van der Waals surface area contributed by atoms with Crippen molar-refractivity contribution in [2.75, 3.05) is 6.61 Å². The van der Waals surface area contributed by atoms with E-state index in [1.54, 1.807) is 36.0 Å². The largest absolute Gasteiger partial charge is 0.462 e. The smallest absolute Gasteiger partial charge is 0.339 e. The molecule has 0 aliphatic heterocycles. The van der Waals surface area contributed by atoms with E-state index in [1.807, 2.05) is 12.1 Å². The second-order valence-electron chi connectivity index (χ2n) is 4.15. The molecule has 2 heterocycles. The second-order valence-corrected chi connectivity index (χ2v) is 4.58. The summed E-state index contributed by atoms with van der Waals surface area (Å²) in [5, 5.41) is 1.55. The summed E-state index contributed by atoms with van der Waals surface area (Å²) in [6.07, 6.45) is 3.38. The minimum atomic E-state index is -0.332. The SMILES string of the molecule is CCOC(=O)c1cc2c3cc(Cl)ccc3ncn2c1. The highest BCUT2D eigenvalue weighted by molar-refractivity contribution is 6.31. The van der Waals surface area contributed by atoms with Crippen LogP contribution in [0.5, 0.6) is 0 Å². The zero-order valence-corrected chi connectivity index (χ0v) is 11.0. The van der Waals surface area contributed by atoms with Crippen LogP contribution in [0.1, 0.15) is 17.3 Å². The van der Waals surface area contributed by atoms with Crippen LogP contribution in [-0.4, -0.2) is 22.0 Å². The first-order valence-corrected chi connectivity index (χ1v) is 6.30. The van der Waals surface area contributed by atoms with Gasteiger partial charge in [0.1, 0.15) is 0 Å². The third-order valence-electron chi connectivity index (χ3n) is 2.92. The van der Waals surface area contributed by atoms with E-state index in [0.29, 0.717) is 17.2 Å². The molecule has 0 N–H and O–H groups in total. The summed E-state index contributed by atoms with van der Waals surface area (Å²) in [6.45, 7) is 2.14. The summed E-state index contributed by atoms with van der Waals surface area (Å²) in [6, 6.07) is 7.28. The Bertz CT molecular complexity index is 780. The fourth-order valence-corrected chi connectivity index (χ4v) is 2.24. The topological polar surface area (TPSA) is 43.6 Å². The molecule has 0 saturated heterocycles. The molecule has 0 fully saturated rings. The number of rotatable bonds is 2. The highest BCUT2D eigenvalue weighted by Crippen LogP contribution is 2.23. The maximum Gasteiger partial charge on any atom is 0.339 e. The van der Waals surface area contributed by atoms with Crippen LogP contribution in [-0.2, 0) is 4.74 Å². The number of carbonyl (C=O) groups excluding carboxylic acids is 1. The summed E-state index contributed by atoms with van der Waals surface area (Å²) in [5.74, 6) is -0.332. The molecule has 0 aliphatic rings. The third kappa shape index (κ3) is 2.04. The number of hydrogen-bond donors (Lipinski definition) is 0. The van der Waals surface area contributed by atoms with Crippen molar-refractivity contribution in [3.8, 4) is 0 Å². The molecule has 3 aromatic rings. The first kappa shape index (κ1) is 12.0. The van der Waals surface area contributed by atoms with Gasteiger partial charge in [0.15, 0.2) is 0 Å². The van der Waals surface area contributed by atoms with Gasteiger partial charge in [0.25, 0.3) is 0 Å². The Morgan fingerprint density at radius 3 is 3.05 bits per heavy atom. The van der Waals surface area contributed by atoms with E-state index in [0.717, 1.165) is 16.4 Å². The number of nitrogens with zero attached hydrogens (tertiary/aromatic N) is 2. The predicted molar refractivity (Wildman–Crippen MR) is 73.7 cm³/mol. The van der Waals surface area contributed by atoms with Crippen LogP contribution in [0.2, 0.25) is 5.02 Å². The van der Waals surface area contributed by atoms with E-state index in [4.69, 9.17) is 16.3 Å². The predicted octanol–water partition coefficient (Wildman–Crippen LogP) is 3.32. The zero-order chi connectivity index (χ0) is 13.4. The van der Waals surface area contributed by atoms with E-state index in [1.165, 1.54) is 0 Å². The van der Waals surface area contributed by atoms with Crippen LogP contribution >= 0.6 is 11.6 Å². The number of halogens is 1. The first-order chi connectivity index (χ1) is 9.19. The molecule has 3 rings (SSSR count). The highest BCUT2D eigenvalue weighted by Gasteiger charge is 2.11. The molecule has 19 heavy (non-hydrogen) atoms. The molecule has 96 valence electrons. The maximum atomic E-state index is 11.7. The molecule has 0 amide bonds. The van der Waals surface area contributed by atoms with Gasteiger partial charge in [0, 0.05) is 16.6 Å². The Hall–Kier alpha value is -2.07. The molecule has 2 aromatic heterocycles. The average Bonchev–Trinajstić information content (AvgIpc) is 2.83. The highest BCUT2D eigenvalue weighted by atomic mass is 35.5. The summed E-state index contributed by atoms with van der Waals surface area (Å²) in [7, 11) is 0. The van der Waals surface area contributed by atoms with E-state index in [-0.39, 0.29) is 5.97 Å². The van der Waals surface area contributed by atoms with Crippen molar-refractivity contribution in [3.05, 3.63) is 47.4 Å². The Kier molecular flexibility index (Phi) is 2.87. The van der Waals surface area contributed by atoms with Crippen LogP contribution in [0, 0.1) is 0 Å². The van der Waals surface area contributed by atoms with Crippen molar-refractivity contribution in [1.82, 2.24) is 9.38 Å². The third-order valence-corrected chi connectivity index (χ3v) is 3.15. The lowest BCUT2D eigenvalue weighted by molar-refractivity contribution is 0.0526. The van der Waals surface area contributed by atoms with Gasteiger partial charge in [0.2, 0.25) is 0 Å². The van der Waals surface area contributed by atoms with Gasteiger partial charge in [-0.25, -0.2) is 9.78 Å². The lowest BCUT2D eigenvalue weighted by atomic mass is 10.2. The summed E-state index contributed by atoms with van der Waals surface area (Å²) in [5.41, 5.74) is 2.23. The Labute approximate surface area is 114 Å². The van der Waals surface area contributed by atoms with Gasteiger partial charge in [-0.3, -0.25) is 0 Å². The van der Waals surface area contributed by atoms with Gasteiger partial charge in [-0.2, -0.15) is 0 Å². The number of benzene rings is 1. The monoisotopic (exact) mass is 274 g/mol. The van der Waals surface area contributed by atoms with Crippen molar-refractivity contribution < 1.29 is 9.53 Å². The number of fused-ring (bicyclic) bond motifs is 3. The fraction of sp³-hybridized carbons (Fsp3) is 0.143. The van der Waals surface area contributed by atoms with Crippen LogP contribution in [0.4, 0.5) is 0 Å². The molecule has 5 heteroatoms.